The molecule has 1 saturated heterocycles. The Balaban J connectivity index is 1.26. The predicted octanol–water partition coefficient (Wildman–Crippen LogP) is 5.47. The number of hydrogen-bond acceptors (Lipinski definition) is 9. The number of non-ortho nitro benzene ring substituents is 1. The second kappa shape index (κ2) is 11.8. The normalized spacial score (nSPS) is 18.6. The fourth-order valence-corrected chi connectivity index (χ4v) is 8.96. The van der Waals surface area contributed by atoms with E-state index in [2.05, 4.69) is 5.32 Å². The molecule has 0 radical (unpaired) electrons. The van der Waals surface area contributed by atoms with E-state index in [0.29, 0.717) is 15.6 Å². The molecule has 0 bridgehead atoms. The van der Waals surface area contributed by atoms with Crippen LogP contribution in [0.3, 0.4) is 0 Å². The summed E-state index contributed by atoms with van der Waals surface area (Å²) in [4.78, 5) is 68.8. The second-order valence-electron chi connectivity index (χ2n) is 11.5. The van der Waals surface area contributed by atoms with Crippen LogP contribution in [0, 0.1) is 16.0 Å². The number of thioether (sulfide) groups is 1. The highest BCUT2D eigenvalue weighted by Crippen LogP contribution is 2.54. The van der Waals surface area contributed by atoms with Crippen LogP contribution in [0.1, 0.15) is 16.4 Å². The van der Waals surface area contributed by atoms with Crippen molar-refractivity contribution in [1.82, 2.24) is 4.57 Å². The van der Waals surface area contributed by atoms with Gasteiger partial charge in [-0.2, -0.15) is 0 Å². The zero-order valence-corrected chi connectivity index (χ0v) is 26.8. The fraction of sp³-hybridized carbons (Fsp3) is 0.176. The summed E-state index contributed by atoms with van der Waals surface area (Å²) in [6.45, 7) is -0.275. The van der Waals surface area contributed by atoms with Crippen LogP contribution >= 0.6 is 23.1 Å². The number of fused-ring (bicyclic) bond motifs is 3. The van der Waals surface area contributed by atoms with Crippen molar-refractivity contribution in [2.24, 2.45) is 5.92 Å². The monoisotopic (exact) mass is 665 g/mol. The highest BCUT2D eigenvalue weighted by molar-refractivity contribution is 8.00. The molecule has 1 aromatic heterocycles. The SMILES string of the molecule is CN(C)c1ccc([C@H]2c3sc(=O)n(CC(=O)Nc4ccc5ccccc5c4)c3SC3C(=O)N(c4ccc([N+](=O)[O-])cc4)C(=O)C32)cc1. The summed E-state index contributed by atoms with van der Waals surface area (Å²) in [5.74, 6) is -2.80. The number of aromatic nitrogens is 1. The van der Waals surface area contributed by atoms with E-state index in [0.717, 1.165) is 50.0 Å². The zero-order chi connectivity index (χ0) is 33.0. The van der Waals surface area contributed by atoms with Gasteiger partial charge >= 0.3 is 4.87 Å². The number of benzene rings is 4. The van der Waals surface area contributed by atoms with Gasteiger partial charge in [-0.05, 0) is 52.7 Å². The highest BCUT2D eigenvalue weighted by atomic mass is 32.2. The van der Waals surface area contributed by atoms with Gasteiger partial charge in [0, 0.05) is 48.4 Å². The van der Waals surface area contributed by atoms with Gasteiger partial charge in [0.05, 0.1) is 21.6 Å². The van der Waals surface area contributed by atoms with Gasteiger partial charge in [-0.3, -0.25) is 33.9 Å². The number of nitro benzene ring substituents is 1. The Morgan fingerprint density at radius 1 is 0.915 bits per heavy atom. The maximum atomic E-state index is 14.1. The van der Waals surface area contributed by atoms with Crippen LogP contribution in [0.15, 0.2) is 101 Å². The number of imide groups is 1. The van der Waals surface area contributed by atoms with E-state index < -0.39 is 39.7 Å². The van der Waals surface area contributed by atoms with Gasteiger partial charge in [0.2, 0.25) is 17.7 Å². The van der Waals surface area contributed by atoms with Crippen molar-refractivity contribution >= 4 is 74.3 Å². The third-order valence-electron chi connectivity index (χ3n) is 8.47. The fourth-order valence-electron chi connectivity index (χ4n) is 6.18. The van der Waals surface area contributed by atoms with Crippen molar-refractivity contribution in [3.8, 4) is 0 Å². The van der Waals surface area contributed by atoms with Gasteiger partial charge in [0.25, 0.3) is 5.69 Å². The first-order valence-corrected chi connectivity index (χ1v) is 16.4. The van der Waals surface area contributed by atoms with Crippen LogP contribution in [-0.4, -0.2) is 46.6 Å². The topological polar surface area (TPSA) is 135 Å². The molecular formula is C34H27N5O6S2. The molecule has 4 aromatic carbocycles. The summed E-state index contributed by atoms with van der Waals surface area (Å²) in [6.07, 6.45) is 0. The van der Waals surface area contributed by atoms with E-state index in [1.807, 2.05) is 79.7 Å². The third-order valence-corrected chi connectivity index (χ3v) is 11.1. The summed E-state index contributed by atoms with van der Waals surface area (Å²) in [7, 11) is 3.83. The van der Waals surface area contributed by atoms with Gasteiger partial charge in [-0.1, -0.05) is 65.6 Å². The summed E-state index contributed by atoms with van der Waals surface area (Å²) in [6, 6.07) is 26.2. The van der Waals surface area contributed by atoms with Gasteiger partial charge < -0.3 is 10.2 Å². The van der Waals surface area contributed by atoms with Crippen LogP contribution in [0.2, 0.25) is 0 Å². The number of amides is 3. The molecule has 11 nitrogen and oxygen atoms in total. The Hall–Kier alpha value is -5.27. The average molecular weight is 666 g/mol. The van der Waals surface area contributed by atoms with Gasteiger partial charge in [0.15, 0.2) is 0 Å². The first-order chi connectivity index (χ1) is 22.6. The van der Waals surface area contributed by atoms with E-state index in [1.165, 1.54) is 28.8 Å². The van der Waals surface area contributed by atoms with Crippen molar-refractivity contribution < 1.29 is 19.3 Å². The minimum atomic E-state index is -0.882. The molecule has 3 heterocycles. The van der Waals surface area contributed by atoms with Crippen LogP contribution in [-0.2, 0) is 20.9 Å². The quantitative estimate of drug-likeness (QED) is 0.137. The smallest absolute Gasteiger partial charge is 0.308 e. The number of nitrogens with zero attached hydrogens (tertiary/aromatic N) is 4. The molecule has 5 aromatic rings. The summed E-state index contributed by atoms with van der Waals surface area (Å²) in [5, 5.41) is 15.7. The van der Waals surface area contributed by atoms with Crippen molar-refractivity contribution in [2.75, 3.05) is 29.2 Å². The number of rotatable bonds is 7. The molecule has 3 amide bonds. The Bertz CT molecular complexity index is 2140. The number of nitro groups is 1. The van der Waals surface area contributed by atoms with Crippen LogP contribution < -0.4 is 20.0 Å². The largest absolute Gasteiger partial charge is 0.378 e. The molecule has 1 fully saturated rings. The molecule has 2 aliphatic rings. The van der Waals surface area contributed by atoms with E-state index in [1.54, 1.807) is 6.07 Å². The van der Waals surface area contributed by atoms with Crippen molar-refractivity contribution in [1.29, 1.82) is 0 Å². The number of carbonyl (C=O) groups excluding carboxylic acids is 3. The predicted molar refractivity (Wildman–Crippen MR) is 182 cm³/mol. The van der Waals surface area contributed by atoms with Gasteiger partial charge in [-0.25, -0.2) is 4.90 Å². The number of carbonyl (C=O) groups is 3. The number of hydrogen-bond donors (Lipinski definition) is 1. The minimum absolute atomic E-state index is 0.161. The summed E-state index contributed by atoms with van der Waals surface area (Å²) < 4.78 is 1.38. The zero-order valence-electron chi connectivity index (χ0n) is 25.2. The van der Waals surface area contributed by atoms with Gasteiger partial charge in [0.1, 0.15) is 11.8 Å². The molecule has 0 aliphatic carbocycles. The first kappa shape index (κ1) is 30.4. The van der Waals surface area contributed by atoms with E-state index in [4.69, 9.17) is 0 Å². The highest BCUT2D eigenvalue weighted by Gasteiger charge is 2.56. The lowest BCUT2D eigenvalue weighted by Gasteiger charge is -2.31. The number of thiazole rings is 1. The number of nitrogens with one attached hydrogen (secondary N) is 1. The molecule has 47 heavy (non-hydrogen) atoms. The summed E-state index contributed by atoms with van der Waals surface area (Å²) in [5.41, 5.74) is 2.36. The Labute approximate surface area is 276 Å². The maximum absolute atomic E-state index is 14.1. The number of anilines is 3. The molecule has 13 heteroatoms. The molecule has 2 aliphatic heterocycles. The lowest BCUT2D eigenvalue weighted by Crippen LogP contribution is -2.33. The van der Waals surface area contributed by atoms with Crippen molar-refractivity contribution in [3.63, 3.8) is 0 Å². The van der Waals surface area contributed by atoms with Crippen molar-refractivity contribution in [2.45, 2.75) is 22.7 Å². The molecule has 7 rings (SSSR count). The maximum Gasteiger partial charge on any atom is 0.308 e. The lowest BCUT2D eigenvalue weighted by atomic mass is 9.83. The molecule has 2 unspecified atom stereocenters. The molecular weight excluding hydrogens is 639 g/mol. The molecule has 1 N–H and O–H groups in total. The standard InChI is InChI=1S/C34H27N5O6S2/c1-36(2)23-11-8-20(9-12-23)27-28-29(32(42)38(31(28)41)24-13-15-25(16-14-24)39(44)45)46-33-30(27)47-34(43)37(33)18-26(40)35-22-10-7-19-5-3-4-6-21(19)17-22/h3-17,27-29H,18H2,1-2H3,(H,35,40)/t27-,28?,29?/m1/s1. The van der Waals surface area contributed by atoms with Crippen LogP contribution in [0.5, 0.6) is 0 Å². The van der Waals surface area contributed by atoms with Crippen molar-refractivity contribution in [3.05, 3.63) is 121 Å². The van der Waals surface area contributed by atoms with Crippen LogP contribution in [0.25, 0.3) is 10.8 Å². The van der Waals surface area contributed by atoms with E-state index in [-0.39, 0.29) is 22.8 Å². The van der Waals surface area contributed by atoms with E-state index in [9.17, 15) is 29.3 Å². The lowest BCUT2D eigenvalue weighted by molar-refractivity contribution is -0.384. The summed E-state index contributed by atoms with van der Waals surface area (Å²) >= 11 is 2.09. The molecule has 0 saturated carbocycles. The van der Waals surface area contributed by atoms with Crippen LogP contribution in [0.4, 0.5) is 22.7 Å². The van der Waals surface area contributed by atoms with Gasteiger partial charge in [-0.15, -0.1) is 0 Å². The Kier molecular flexibility index (Phi) is 7.65. The Morgan fingerprint density at radius 3 is 2.30 bits per heavy atom. The average Bonchev–Trinajstić information content (AvgIpc) is 3.50. The second-order valence-corrected chi connectivity index (χ2v) is 13.7. The van der Waals surface area contributed by atoms with E-state index >= 15 is 0 Å². The molecule has 0 spiro atoms. The molecule has 3 atom stereocenters. The minimum Gasteiger partial charge on any atom is -0.378 e. The molecule has 236 valence electrons. The first-order valence-electron chi connectivity index (χ1n) is 14.7. The Morgan fingerprint density at radius 2 is 1.62 bits per heavy atom. The third kappa shape index (κ3) is 5.36.